The Labute approximate surface area is 321 Å². The maximum absolute atomic E-state index is 14.5. The summed E-state index contributed by atoms with van der Waals surface area (Å²) in [5.41, 5.74) is 0.571. The first-order valence-corrected chi connectivity index (χ1v) is 18.9. The smallest absolute Gasteiger partial charge is 0.416 e. The van der Waals surface area contributed by atoms with Gasteiger partial charge >= 0.3 is 6.18 Å². The van der Waals surface area contributed by atoms with Crippen LogP contribution in [0.5, 0.6) is 5.88 Å². The minimum Gasteiger partial charge on any atom is -0.478 e. The second-order valence-corrected chi connectivity index (χ2v) is 14.4. The van der Waals surface area contributed by atoms with Gasteiger partial charge in [-0.1, -0.05) is 17.3 Å². The van der Waals surface area contributed by atoms with Crippen molar-refractivity contribution >= 4 is 17.7 Å². The van der Waals surface area contributed by atoms with Gasteiger partial charge in [-0.3, -0.25) is 14.4 Å². The van der Waals surface area contributed by atoms with Crippen molar-refractivity contribution in [2.75, 3.05) is 39.3 Å². The van der Waals surface area contributed by atoms with Crippen LogP contribution < -0.4 is 4.74 Å². The van der Waals surface area contributed by atoms with Crippen LogP contribution in [0.25, 0.3) is 16.9 Å². The lowest BCUT2D eigenvalue weighted by Gasteiger charge is -2.41. The van der Waals surface area contributed by atoms with Crippen molar-refractivity contribution in [1.82, 2.24) is 34.7 Å². The predicted octanol–water partition coefficient (Wildman–Crippen LogP) is 5.79. The first-order chi connectivity index (χ1) is 26.9. The van der Waals surface area contributed by atoms with E-state index in [1.54, 1.807) is 46.3 Å². The van der Waals surface area contributed by atoms with Crippen molar-refractivity contribution in [3.8, 4) is 22.8 Å². The number of nitrogens with zero attached hydrogens (tertiary/aromatic N) is 7. The molecule has 16 heteroatoms. The Balaban J connectivity index is 1.19. The summed E-state index contributed by atoms with van der Waals surface area (Å²) in [5, 5.41) is 8.28. The largest absolute Gasteiger partial charge is 0.478 e. The summed E-state index contributed by atoms with van der Waals surface area (Å²) in [7, 11) is 0. The fourth-order valence-corrected chi connectivity index (χ4v) is 7.86. The summed E-state index contributed by atoms with van der Waals surface area (Å²) in [6.45, 7) is 5.73. The van der Waals surface area contributed by atoms with Gasteiger partial charge in [-0.15, -0.1) is 5.10 Å². The zero-order valence-corrected chi connectivity index (χ0v) is 31.1. The number of fused-ring (bicyclic) bond motifs is 8. The SMILES string of the molecule is CCN(CC)C(=O)C[C@@H]1CCN2C[C@@H]1CCOc1cc(C(F)(F)F)cc(n1)-c1cccc(c1)C(=O)N1C[C@H](OCc3cn(-c4ccc(F)cc4)nn3)C[C@H]1C2=O. The molecule has 0 radical (unpaired) electrons. The fraction of sp³-hybridized carbons (Fsp3) is 0.450. The molecule has 7 rings (SSSR count). The van der Waals surface area contributed by atoms with Gasteiger partial charge in [0.25, 0.3) is 5.91 Å². The average molecular weight is 778 g/mol. The molecule has 3 aliphatic rings. The zero-order valence-electron chi connectivity index (χ0n) is 31.1. The van der Waals surface area contributed by atoms with Gasteiger partial charge in [0.05, 0.1) is 42.5 Å². The number of carbonyl (C=O) groups excluding carboxylic acids is 3. The molecule has 4 aromatic rings. The second kappa shape index (κ2) is 16.4. The molecule has 12 nitrogen and oxygen atoms in total. The van der Waals surface area contributed by atoms with Crippen LogP contribution in [0.4, 0.5) is 17.6 Å². The van der Waals surface area contributed by atoms with Crippen molar-refractivity contribution < 1.29 is 41.4 Å². The van der Waals surface area contributed by atoms with E-state index in [0.717, 1.165) is 12.1 Å². The van der Waals surface area contributed by atoms with Crippen LogP contribution in [0.2, 0.25) is 0 Å². The molecule has 5 heterocycles. The molecule has 4 atom stereocenters. The number of carbonyl (C=O) groups is 3. The number of rotatable bonds is 8. The maximum Gasteiger partial charge on any atom is 0.416 e. The number of piperidine rings is 1. The number of ether oxygens (including phenoxy) is 2. The third kappa shape index (κ3) is 8.54. The van der Waals surface area contributed by atoms with Gasteiger partial charge in [-0.05, 0) is 81.0 Å². The van der Waals surface area contributed by atoms with E-state index < -0.39 is 29.8 Å². The number of alkyl halides is 3. The molecule has 0 spiro atoms. The maximum atomic E-state index is 14.5. The molecule has 2 aromatic carbocycles. The number of amides is 3. The molecule has 2 fully saturated rings. The first kappa shape index (κ1) is 38.9. The van der Waals surface area contributed by atoms with E-state index in [4.69, 9.17) is 9.47 Å². The number of benzene rings is 2. The minimum absolute atomic E-state index is 0.00317. The van der Waals surface area contributed by atoms with Gasteiger partial charge < -0.3 is 24.2 Å². The lowest BCUT2D eigenvalue weighted by atomic mass is 9.80. The summed E-state index contributed by atoms with van der Waals surface area (Å²) >= 11 is 0. The Bertz CT molecular complexity index is 2050. The molecule has 0 aliphatic carbocycles. The zero-order chi connectivity index (χ0) is 39.6. The summed E-state index contributed by atoms with van der Waals surface area (Å²) in [5.74, 6) is -1.62. The number of hydrogen-bond donors (Lipinski definition) is 0. The van der Waals surface area contributed by atoms with Crippen LogP contribution in [0, 0.1) is 17.7 Å². The molecule has 2 saturated heterocycles. The molecule has 2 aromatic heterocycles. The molecule has 296 valence electrons. The van der Waals surface area contributed by atoms with Crippen LogP contribution >= 0.6 is 0 Å². The van der Waals surface area contributed by atoms with Crippen molar-refractivity contribution in [1.29, 1.82) is 0 Å². The normalized spacial score (nSPS) is 21.5. The quantitative estimate of drug-likeness (QED) is 0.206. The van der Waals surface area contributed by atoms with Gasteiger partial charge in [0.2, 0.25) is 17.7 Å². The van der Waals surface area contributed by atoms with Crippen molar-refractivity contribution in [3.63, 3.8) is 0 Å². The van der Waals surface area contributed by atoms with Crippen molar-refractivity contribution in [2.24, 2.45) is 11.8 Å². The molecular weight excluding hydrogens is 734 g/mol. The Morgan fingerprint density at radius 3 is 2.52 bits per heavy atom. The molecule has 0 N–H and O–H groups in total. The standard InChI is InChI=1S/C40H43F4N7O5/c1-3-48(4-2)37(52)17-25-12-14-49-21-28(25)13-15-55-36-19-29(40(42,43)44)18-34(45-36)26-6-5-7-27(16-26)38(53)50-23-33(20-35(50)39(49)54)56-24-31-22-51(47-46-31)32-10-8-30(41)9-11-32/h5-11,16,18-19,22,25,28,33,35H,3-4,12-15,17,20-21,23-24H2,1-2H3/t25-,28-,33+,35-/m0/s1. The van der Waals surface area contributed by atoms with E-state index in [1.165, 1.54) is 27.8 Å². The highest BCUT2D eigenvalue weighted by atomic mass is 19.4. The molecule has 3 aliphatic heterocycles. The molecule has 0 unspecified atom stereocenters. The third-order valence-electron chi connectivity index (χ3n) is 10.9. The van der Waals surface area contributed by atoms with E-state index in [0.29, 0.717) is 43.9 Å². The molecule has 56 heavy (non-hydrogen) atoms. The van der Waals surface area contributed by atoms with Gasteiger partial charge in [-0.25, -0.2) is 14.1 Å². The minimum atomic E-state index is -4.68. The highest BCUT2D eigenvalue weighted by Gasteiger charge is 2.44. The summed E-state index contributed by atoms with van der Waals surface area (Å²) in [6.07, 6.45) is -2.24. The highest BCUT2D eigenvalue weighted by Crippen LogP contribution is 2.36. The van der Waals surface area contributed by atoms with Crippen LogP contribution in [0.3, 0.4) is 0 Å². The predicted molar refractivity (Wildman–Crippen MR) is 195 cm³/mol. The van der Waals surface area contributed by atoms with Gasteiger partial charge in [0.1, 0.15) is 17.6 Å². The first-order valence-electron chi connectivity index (χ1n) is 18.9. The Kier molecular flexibility index (Phi) is 11.4. The summed E-state index contributed by atoms with van der Waals surface area (Å²) < 4.78 is 69.4. The summed E-state index contributed by atoms with van der Waals surface area (Å²) in [4.78, 5) is 51.5. The van der Waals surface area contributed by atoms with E-state index in [2.05, 4.69) is 15.3 Å². The molecule has 6 bridgehead atoms. The second-order valence-electron chi connectivity index (χ2n) is 14.4. The Hall–Kier alpha value is -5.38. The summed E-state index contributed by atoms with van der Waals surface area (Å²) in [6, 6.07) is 12.8. The fourth-order valence-electron chi connectivity index (χ4n) is 7.86. The van der Waals surface area contributed by atoms with Crippen molar-refractivity contribution in [3.05, 3.63) is 89.5 Å². The van der Waals surface area contributed by atoms with E-state index in [-0.39, 0.29) is 91.3 Å². The van der Waals surface area contributed by atoms with Gasteiger partial charge in [0.15, 0.2) is 0 Å². The topological polar surface area (TPSA) is 123 Å². The lowest BCUT2D eigenvalue weighted by molar-refractivity contribution is -0.139. The number of hydrogen-bond acceptors (Lipinski definition) is 8. The van der Waals surface area contributed by atoms with Crippen LogP contribution in [-0.4, -0.2) is 104 Å². The molecular formula is C40H43F4N7O5. The van der Waals surface area contributed by atoms with Crippen molar-refractivity contribution in [2.45, 2.75) is 64.5 Å². The monoisotopic (exact) mass is 777 g/mol. The lowest BCUT2D eigenvalue weighted by Crippen LogP contribution is -2.52. The highest BCUT2D eigenvalue weighted by molar-refractivity contribution is 5.99. The van der Waals surface area contributed by atoms with Crippen LogP contribution in [-0.2, 0) is 27.1 Å². The molecule has 3 amide bonds. The van der Waals surface area contributed by atoms with Crippen LogP contribution in [0.1, 0.15) is 61.1 Å². The Morgan fingerprint density at radius 2 is 1.77 bits per heavy atom. The van der Waals surface area contributed by atoms with Crippen LogP contribution in [0.15, 0.2) is 66.9 Å². The number of aromatic nitrogens is 4. The molecule has 0 saturated carbocycles. The Morgan fingerprint density at radius 1 is 1.00 bits per heavy atom. The van der Waals surface area contributed by atoms with Gasteiger partial charge in [0, 0.05) is 62.8 Å². The van der Waals surface area contributed by atoms with E-state index in [1.807, 2.05) is 13.8 Å². The van der Waals surface area contributed by atoms with Gasteiger partial charge in [-0.2, -0.15) is 13.2 Å². The van der Waals surface area contributed by atoms with E-state index in [9.17, 15) is 31.9 Å². The number of halogens is 4. The average Bonchev–Trinajstić information content (AvgIpc) is 3.85. The van der Waals surface area contributed by atoms with E-state index >= 15 is 0 Å². The number of pyridine rings is 1. The third-order valence-corrected chi connectivity index (χ3v) is 10.9.